The normalized spacial score (nSPS) is 25.1. The number of halogens is 3. The van der Waals surface area contributed by atoms with E-state index in [0.29, 0.717) is 6.42 Å². The Balaban J connectivity index is 2.60. The Hall–Kier alpha value is -0.780. The molecule has 1 aliphatic rings. The molecule has 0 spiro atoms. The fourth-order valence-corrected chi connectivity index (χ4v) is 1.80. The molecule has 1 aliphatic heterocycles. The van der Waals surface area contributed by atoms with Crippen molar-refractivity contribution < 1.29 is 18.0 Å². The lowest BCUT2D eigenvalue weighted by molar-refractivity contribution is -0.187. The van der Waals surface area contributed by atoms with Gasteiger partial charge in [0.15, 0.2) is 0 Å². The van der Waals surface area contributed by atoms with Crippen molar-refractivity contribution in [3.05, 3.63) is 0 Å². The first-order chi connectivity index (χ1) is 6.82. The Bertz CT molecular complexity index is 240. The summed E-state index contributed by atoms with van der Waals surface area (Å²) >= 11 is 0. The standard InChI is InChI=1S/C9H15F3N2O/c1-6(13)7-3-2-4-14(5-7)8(15)9(10,11)12/h6-7H,2-5,13H2,1H3. The average molecular weight is 224 g/mol. The molecule has 88 valence electrons. The Kier molecular flexibility index (Phi) is 3.59. The molecule has 0 aliphatic carbocycles. The summed E-state index contributed by atoms with van der Waals surface area (Å²) in [6.45, 7) is 2.06. The highest BCUT2D eigenvalue weighted by molar-refractivity contribution is 5.81. The van der Waals surface area contributed by atoms with Gasteiger partial charge in [-0.25, -0.2) is 0 Å². The first-order valence-electron chi connectivity index (χ1n) is 4.94. The first kappa shape index (κ1) is 12.3. The summed E-state index contributed by atoms with van der Waals surface area (Å²) in [7, 11) is 0. The zero-order valence-electron chi connectivity index (χ0n) is 8.55. The van der Waals surface area contributed by atoms with Crippen molar-refractivity contribution in [2.24, 2.45) is 11.7 Å². The molecule has 0 aromatic carbocycles. The smallest absolute Gasteiger partial charge is 0.335 e. The summed E-state index contributed by atoms with van der Waals surface area (Å²) in [5, 5.41) is 0. The second-order valence-corrected chi connectivity index (χ2v) is 4.01. The van der Waals surface area contributed by atoms with E-state index in [1.165, 1.54) is 0 Å². The van der Waals surface area contributed by atoms with Gasteiger partial charge in [0.2, 0.25) is 0 Å². The molecule has 0 aromatic rings. The molecule has 6 heteroatoms. The first-order valence-corrected chi connectivity index (χ1v) is 4.94. The van der Waals surface area contributed by atoms with Crippen molar-refractivity contribution in [2.45, 2.75) is 32.0 Å². The number of piperidine rings is 1. The van der Waals surface area contributed by atoms with Gasteiger partial charge < -0.3 is 10.6 Å². The van der Waals surface area contributed by atoms with Crippen LogP contribution in [0.3, 0.4) is 0 Å². The third kappa shape index (κ3) is 3.09. The highest BCUT2D eigenvalue weighted by Gasteiger charge is 2.43. The Labute approximate surface area is 86.4 Å². The topological polar surface area (TPSA) is 46.3 Å². The minimum atomic E-state index is -4.76. The van der Waals surface area contributed by atoms with Crippen molar-refractivity contribution in [3.8, 4) is 0 Å². The van der Waals surface area contributed by atoms with E-state index in [2.05, 4.69) is 0 Å². The molecule has 2 N–H and O–H groups in total. The molecule has 1 heterocycles. The van der Waals surface area contributed by atoms with Crippen molar-refractivity contribution >= 4 is 5.91 Å². The average Bonchev–Trinajstić information content (AvgIpc) is 2.15. The van der Waals surface area contributed by atoms with Gasteiger partial charge in [-0.15, -0.1) is 0 Å². The van der Waals surface area contributed by atoms with Crippen molar-refractivity contribution in [3.63, 3.8) is 0 Å². The van der Waals surface area contributed by atoms with Crippen LogP contribution in [0.5, 0.6) is 0 Å². The Morgan fingerprint density at radius 2 is 2.13 bits per heavy atom. The molecule has 2 unspecified atom stereocenters. The van der Waals surface area contributed by atoms with Gasteiger partial charge in [0.25, 0.3) is 0 Å². The van der Waals surface area contributed by atoms with E-state index in [1.807, 2.05) is 0 Å². The Morgan fingerprint density at radius 1 is 1.53 bits per heavy atom. The number of likely N-dealkylation sites (tertiary alicyclic amines) is 1. The maximum absolute atomic E-state index is 12.1. The van der Waals surface area contributed by atoms with Crippen molar-refractivity contribution in [1.82, 2.24) is 4.90 Å². The van der Waals surface area contributed by atoms with E-state index in [4.69, 9.17) is 5.73 Å². The van der Waals surface area contributed by atoms with Gasteiger partial charge in [0, 0.05) is 19.1 Å². The number of hydrogen-bond acceptors (Lipinski definition) is 2. The van der Waals surface area contributed by atoms with Crippen LogP contribution < -0.4 is 5.73 Å². The molecule has 15 heavy (non-hydrogen) atoms. The third-order valence-electron chi connectivity index (χ3n) is 2.73. The molecule has 2 atom stereocenters. The molecule has 0 aromatic heterocycles. The molecule has 3 nitrogen and oxygen atoms in total. The van der Waals surface area contributed by atoms with Crippen LogP contribution >= 0.6 is 0 Å². The maximum Gasteiger partial charge on any atom is 0.471 e. The number of rotatable bonds is 1. The fraction of sp³-hybridized carbons (Fsp3) is 0.889. The van der Waals surface area contributed by atoms with E-state index < -0.39 is 12.1 Å². The summed E-state index contributed by atoms with van der Waals surface area (Å²) in [5.74, 6) is -1.77. The Morgan fingerprint density at radius 3 is 2.60 bits per heavy atom. The van der Waals surface area contributed by atoms with E-state index in [1.54, 1.807) is 6.92 Å². The van der Waals surface area contributed by atoms with Gasteiger partial charge in [-0.1, -0.05) is 0 Å². The summed E-state index contributed by atoms with van der Waals surface area (Å²) < 4.78 is 36.4. The van der Waals surface area contributed by atoms with Crippen LogP contribution in [0.1, 0.15) is 19.8 Å². The van der Waals surface area contributed by atoms with E-state index in [0.717, 1.165) is 11.3 Å². The monoisotopic (exact) mass is 224 g/mol. The molecule has 0 bridgehead atoms. The molecular weight excluding hydrogens is 209 g/mol. The van der Waals surface area contributed by atoms with Crippen LogP contribution in [0.2, 0.25) is 0 Å². The zero-order chi connectivity index (χ0) is 11.6. The molecule has 1 amide bonds. The van der Waals surface area contributed by atoms with Crippen molar-refractivity contribution in [1.29, 1.82) is 0 Å². The molecule has 1 fully saturated rings. The summed E-state index contributed by atoms with van der Waals surface area (Å²) in [5.41, 5.74) is 5.62. The minimum Gasteiger partial charge on any atom is -0.335 e. The molecule has 0 saturated carbocycles. The number of alkyl halides is 3. The molecule has 0 radical (unpaired) electrons. The van der Waals surface area contributed by atoms with E-state index >= 15 is 0 Å². The van der Waals surface area contributed by atoms with Gasteiger partial charge in [-0.3, -0.25) is 4.79 Å². The summed E-state index contributed by atoms with van der Waals surface area (Å²) in [6, 6.07) is -0.172. The highest BCUT2D eigenvalue weighted by atomic mass is 19.4. The number of carbonyl (C=O) groups excluding carboxylic acids is 1. The summed E-state index contributed by atoms with van der Waals surface area (Å²) in [6.07, 6.45) is -3.38. The van der Waals surface area contributed by atoms with Crippen LogP contribution in [-0.2, 0) is 4.79 Å². The minimum absolute atomic E-state index is 0.0231. The van der Waals surface area contributed by atoms with Gasteiger partial charge >= 0.3 is 12.1 Å². The summed E-state index contributed by atoms with van der Waals surface area (Å²) in [4.78, 5) is 11.8. The van der Waals surface area contributed by atoms with Gasteiger partial charge in [-0.2, -0.15) is 13.2 Å². The van der Waals surface area contributed by atoms with E-state index in [-0.39, 0.29) is 25.0 Å². The maximum atomic E-state index is 12.1. The quantitative estimate of drug-likeness (QED) is 0.725. The van der Waals surface area contributed by atoms with Gasteiger partial charge in [0.1, 0.15) is 0 Å². The van der Waals surface area contributed by atoms with Crippen molar-refractivity contribution in [2.75, 3.05) is 13.1 Å². The highest BCUT2D eigenvalue weighted by Crippen LogP contribution is 2.24. The number of hydrogen-bond donors (Lipinski definition) is 1. The van der Waals surface area contributed by atoms with Crippen LogP contribution in [0.4, 0.5) is 13.2 Å². The predicted octanol–water partition coefficient (Wildman–Crippen LogP) is 1.13. The van der Waals surface area contributed by atoms with Crippen LogP contribution in [-0.4, -0.2) is 36.1 Å². The number of carbonyl (C=O) groups is 1. The van der Waals surface area contributed by atoms with Crippen LogP contribution in [0.25, 0.3) is 0 Å². The number of nitrogens with zero attached hydrogens (tertiary/aromatic N) is 1. The lowest BCUT2D eigenvalue weighted by Crippen LogP contribution is -2.49. The predicted molar refractivity (Wildman–Crippen MR) is 49.0 cm³/mol. The largest absolute Gasteiger partial charge is 0.471 e. The number of nitrogens with two attached hydrogens (primary N) is 1. The second-order valence-electron chi connectivity index (χ2n) is 4.01. The van der Waals surface area contributed by atoms with Gasteiger partial charge in [0.05, 0.1) is 0 Å². The molecule has 1 saturated heterocycles. The van der Waals surface area contributed by atoms with Crippen LogP contribution in [0.15, 0.2) is 0 Å². The van der Waals surface area contributed by atoms with E-state index in [9.17, 15) is 18.0 Å². The number of amides is 1. The lowest BCUT2D eigenvalue weighted by atomic mass is 9.92. The van der Waals surface area contributed by atoms with Crippen LogP contribution in [0, 0.1) is 5.92 Å². The lowest BCUT2D eigenvalue weighted by Gasteiger charge is -2.34. The second kappa shape index (κ2) is 4.38. The molecule has 1 rings (SSSR count). The zero-order valence-corrected chi connectivity index (χ0v) is 8.55. The molecular formula is C9H15F3N2O. The third-order valence-corrected chi connectivity index (χ3v) is 2.73. The SMILES string of the molecule is CC(N)C1CCCN(C(=O)C(F)(F)F)C1. The fourth-order valence-electron chi connectivity index (χ4n) is 1.80. The van der Waals surface area contributed by atoms with Gasteiger partial charge in [-0.05, 0) is 25.7 Å².